The average Bonchev–Trinajstić information content (AvgIpc) is 2.94. The van der Waals surface area contributed by atoms with E-state index in [2.05, 4.69) is 27.6 Å². The highest BCUT2D eigenvalue weighted by molar-refractivity contribution is 5.79. The minimum Gasteiger partial charge on any atom is -0.356 e. The van der Waals surface area contributed by atoms with Crippen LogP contribution in [0.4, 0.5) is 0 Å². The highest BCUT2D eigenvalue weighted by atomic mass is 15.3. The van der Waals surface area contributed by atoms with Gasteiger partial charge >= 0.3 is 0 Å². The molecule has 0 amide bonds. The number of hydrogen-bond donors (Lipinski definition) is 2. The largest absolute Gasteiger partial charge is 0.356 e. The number of unbranched alkanes of at least 4 members (excludes halogenated alkanes) is 3. The van der Waals surface area contributed by atoms with Gasteiger partial charge in [0.1, 0.15) is 0 Å². The molecule has 19 heavy (non-hydrogen) atoms. The van der Waals surface area contributed by atoms with E-state index >= 15 is 0 Å². The second kappa shape index (κ2) is 10.4. The first kappa shape index (κ1) is 15.5. The first-order valence-electron chi connectivity index (χ1n) is 7.28. The van der Waals surface area contributed by atoms with E-state index < -0.39 is 0 Å². The molecule has 5 nitrogen and oxygen atoms in total. The fourth-order valence-corrected chi connectivity index (χ4v) is 1.86. The molecule has 1 aromatic rings. The Labute approximate surface area is 116 Å². The van der Waals surface area contributed by atoms with Gasteiger partial charge in [0.15, 0.2) is 5.96 Å². The van der Waals surface area contributed by atoms with Gasteiger partial charge in [-0.25, -0.2) is 0 Å². The molecule has 0 aliphatic rings. The molecule has 5 heteroatoms. The summed E-state index contributed by atoms with van der Waals surface area (Å²) in [6.45, 7) is 5.08. The van der Waals surface area contributed by atoms with Gasteiger partial charge in [0.05, 0.1) is 0 Å². The Morgan fingerprint density at radius 1 is 1.16 bits per heavy atom. The van der Waals surface area contributed by atoms with E-state index in [-0.39, 0.29) is 0 Å². The molecule has 0 radical (unpaired) electrons. The first-order valence-corrected chi connectivity index (χ1v) is 7.28. The van der Waals surface area contributed by atoms with Gasteiger partial charge in [-0.2, -0.15) is 5.10 Å². The Hall–Kier alpha value is -1.52. The van der Waals surface area contributed by atoms with Crippen LogP contribution >= 0.6 is 0 Å². The van der Waals surface area contributed by atoms with Crippen molar-refractivity contribution < 1.29 is 0 Å². The Bertz CT molecular complexity index is 332. The number of nitrogens with one attached hydrogen (secondary N) is 2. The third-order valence-electron chi connectivity index (χ3n) is 2.96. The minimum atomic E-state index is 0.900. The molecule has 1 rings (SSSR count). The van der Waals surface area contributed by atoms with Crippen LogP contribution in [-0.4, -0.2) is 35.9 Å². The van der Waals surface area contributed by atoms with E-state index in [4.69, 9.17) is 0 Å². The van der Waals surface area contributed by atoms with E-state index in [9.17, 15) is 0 Å². The molecule has 0 fully saturated rings. The highest BCUT2D eigenvalue weighted by Crippen LogP contribution is 1.96. The summed E-state index contributed by atoms with van der Waals surface area (Å²) < 4.78 is 1.95. The zero-order chi connectivity index (χ0) is 13.8. The summed E-state index contributed by atoms with van der Waals surface area (Å²) in [6.07, 6.45) is 9.93. The third kappa shape index (κ3) is 7.49. The van der Waals surface area contributed by atoms with Gasteiger partial charge in [-0.05, 0) is 18.9 Å². The molecule has 0 atom stereocenters. The van der Waals surface area contributed by atoms with Gasteiger partial charge in [0.2, 0.25) is 0 Å². The van der Waals surface area contributed by atoms with Gasteiger partial charge in [-0.15, -0.1) is 0 Å². The van der Waals surface area contributed by atoms with Crippen LogP contribution in [0.2, 0.25) is 0 Å². The lowest BCUT2D eigenvalue weighted by Crippen LogP contribution is -2.38. The number of aryl methyl sites for hydroxylation is 1. The van der Waals surface area contributed by atoms with Gasteiger partial charge in [-0.3, -0.25) is 9.67 Å². The molecular formula is C14H27N5. The van der Waals surface area contributed by atoms with Crippen LogP contribution in [0.15, 0.2) is 23.5 Å². The van der Waals surface area contributed by atoms with Gasteiger partial charge in [-0.1, -0.05) is 26.2 Å². The summed E-state index contributed by atoms with van der Waals surface area (Å²) >= 11 is 0. The summed E-state index contributed by atoms with van der Waals surface area (Å²) in [4.78, 5) is 4.21. The molecule has 0 spiro atoms. The quantitative estimate of drug-likeness (QED) is 0.408. The van der Waals surface area contributed by atoms with E-state index in [1.165, 1.54) is 25.7 Å². The maximum Gasteiger partial charge on any atom is 0.190 e. The molecule has 0 unspecified atom stereocenters. The van der Waals surface area contributed by atoms with Gasteiger partial charge < -0.3 is 10.6 Å². The fourth-order valence-electron chi connectivity index (χ4n) is 1.86. The summed E-state index contributed by atoms with van der Waals surface area (Å²) in [5.41, 5.74) is 0. The summed E-state index contributed by atoms with van der Waals surface area (Å²) in [7, 11) is 1.81. The third-order valence-corrected chi connectivity index (χ3v) is 2.96. The number of hydrogen-bond acceptors (Lipinski definition) is 2. The van der Waals surface area contributed by atoms with E-state index in [1.807, 2.05) is 30.2 Å². The summed E-state index contributed by atoms with van der Waals surface area (Å²) in [5.74, 6) is 0.900. The van der Waals surface area contributed by atoms with Crippen LogP contribution in [0.25, 0.3) is 0 Å². The molecule has 0 aliphatic heterocycles. The molecule has 0 saturated carbocycles. The van der Waals surface area contributed by atoms with Crippen molar-refractivity contribution in [3.63, 3.8) is 0 Å². The Morgan fingerprint density at radius 2 is 1.95 bits per heavy atom. The van der Waals surface area contributed by atoms with Crippen molar-refractivity contribution in [2.45, 2.75) is 45.6 Å². The van der Waals surface area contributed by atoms with Crippen molar-refractivity contribution in [3.05, 3.63) is 18.5 Å². The van der Waals surface area contributed by atoms with Crippen LogP contribution in [-0.2, 0) is 6.54 Å². The molecule has 1 heterocycles. The topological polar surface area (TPSA) is 54.2 Å². The second-order valence-corrected chi connectivity index (χ2v) is 4.61. The lowest BCUT2D eigenvalue weighted by molar-refractivity contribution is 0.569. The highest BCUT2D eigenvalue weighted by Gasteiger charge is 1.97. The van der Waals surface area contributed by atoms with Crippen molar-refractivity contribution in [3.8, 4) is 0 Å². The molecule has 0 saturated heterocycles. The number of rotatable bonds is 9. The molecule has 1 aromatic heterocycles. The average molecular weight is 265 g/mol. The predicted octanol–water partition coefficient (Wildman–Crippen LogP) is 2.02. The molecule has 0 aliphatic carbocycles. The van der Waals surface area contributed by atoms with Crippen LogP contribution < -0.4 is 10.6 Å². The predicted molar refractivity (Wildman–Crippen MR) is 80.4 cm³/mol. The molecule has 2 N–H and O–H groups in total. The van der Waals surface area contributed by atoms with Crippen molar-refractivity contribution in [1.29, 1.82) is 0 Å². The number of guanidine groups is 1. The van der Waals surface area contributed by atoms with E-state index in [0.29, 0.717) is 0 Å². The molecule has 0 bridgehead atoms. The number of aliphatic imine (C=N–C) groups is 1. The standard InChI is InChI=1S/C14H27N5/c1-3-4-5-6-9-16-14(15-2)17-10-7-12-19-13-8-11-18-19/h8,11,13H,3-7,9-10,12H2,1-2H3,(H2,15,16,17). The SMILES string of the molecule is CCCCCCNC(=NC)NCCCn1cccn1. The van der Waals surface area contributed by atoms with Crippen LogP contribution in [0, 0.1) is 0 Å². The smallest absolute Gasteiger partial charge is 0.190 e. The zero-order valence-corrected chi connectivity index (χ0v) is 12.2. The van der Waals surface area contributed by atoms with Crippen molar-refractivity contribution in [2.75, 3.05) is 20.1 Å². The Balaban J connectivity index is 2.02. The summed E-state index contributed by atoms with van der Waals surface area (Å²) in [6, 6.07) is 1.95. The monoisotopic (exact) mass is 265 g/mol. The minimum absolute atomic E-state index is 0.900. The molecular weight excluding hydrogens is 238 g/mol. The fraction of sp³-hybridized carbons (Fsp3) is 0.714. The van der Waals surface area contributed by atoms with Crippen LogP contribution in [0.5, 0.6) is 0 Å². The number of aromatic nitrogens is 2. The zero-order valence-electron chi connectivity index (χ0n) is 12.2. The van der Waals surface area contributed by atoms with Crippen molar-refractivity contribution in [1.82, 2.24) is 20.4 Å². The lowest BCUT2D eigenvalue weighted by atomic mass is 10.2. The first-order chi connectivity index (χ1) is 9.36. The van der Waals surface area contributed by atoms with Crippen LogP contribution in [0.1, 0.15) is 39.0 Å². The van der Waals surface area contributed by atoms with E-state index in [0.717, 1.165) is 32.0 Å². The normalized spacial score (nSPS) is 11.6. The summed E-state index contributed by atoms with van der Waals surface area (Å²) in [5, 5.41) is 10.8. The van der Waals surface area contributed by atoms with Crippen LogP contribution in [0.3, 0.4) is 0 Å². The maximum atomic E-state index is 4.21. The lowest BCUT2D eigenvalue weighted by Gasteiger charge is -2.11. The maximum absolute atomic E-state index is 4.21. The Morgan fingerprint density at radius 3 is 2.58 bits per heavy atom. The second-order valence-electron chi connectivity index (χ2n) is 4.61. The van der Waals surface area contributed by atoms with Gasteiger partial charge in [0.25, 0.3) is 0 Å². The van der Waals surface area contributed by atoms with E-state index in [1.54, 1.807) is 0 Å². The Kier molecular flexibility index (Phi) is 8.51. The van der Waals surface area contributed by atoms with Crippen molar-refractivity contribution in [2.24, 2.45) is 4.99 Å². The molecule has 108 valence electrons. The number of nitrogens with zero attached hydrogens (tertiary/aromatic N) is 3. The molecule has 0 aromatic carbocycles. The van der Waals surface area contributed by atoms with Gasteiger partial charge in [0, 0.05) is 39.1 Å². The van der Waals surface area contributed by atoms with Crippen molar-refractivity contribution >= 4 is 5.96 Å².